The van der Waals surface area contributed by atoms with Gasteiger partial charge in [0.2, 0.25) is 0 Å². The molecule has 0 saturated heterocycles. The van der Waals surface area contributed by atoms with Crippen molar-refractivity contribution in [2.24, 2.45) is 0 Å². The third-order valence-corrected chi connectivity index (χ3v) is 13.7. The van der Waals surface area contributed by atoms with E-state index in [1.54, 1.807) is 0 Å². The van der Waals surface area contributed by atoms with Gasteiger partial charge in [-0.3, -0.25) is 0 Å². The van der Waals surface area contributed by atoms with Gasteiger partial charge in [0.05, 0.1) is 5.41 Å². The lowest BCUT2D eigenvalue weighted by Crippen LogP contribution is -2.25. The first-order valence-electron chi connectivity index (χ1n) is 20.1. The van der Waals surface area contributed by atoms with Gasteiger partial charge in [0.15, 0.2) is 23.0 Å². The average Bonchev–Trinajstić information content (AvgIpc) is 3.91. The number of hydrogen-bond acceptors (Lipinski definition) is 4. The molecule has 0 amide bonds. The minimum absolute atomic E-state index is 0.467. The van der Waals surface area contributed by atoms with Gasteiger partial charge in [0, 0.05) is 42.8 Å². The molecule has 0 atom stereocenters. The summed E-state index contributed by atoms with van der Waals surface area (Å²) in [6, 6.07) is 72.1. The number of thiophene rings is 1. The predicted molar refractivity (Wildman–Crippen MR) is 242 cm³/mol. The van der Waals surface area contributed by atoms with Gasteiger partial charge in [0.1, 0.15) is 0 Å². The maximum absolute atomic E-state index is 7.08. The Labute approximate surface area is 345 Å². The lowest BCUT2D eigenvalue weighted by atomic mass is 9.70. The Bertz CT molecular complexity index is 3320. The van der Waals surface area contributed by atoms with Gasteiger partial charge in [-0.2, -0.15) is 0 Å². The zero-order valence-corrected chi connectivity index (χ0v) is 32.5. The Morgan fingerprint density at radius 2 is 0.949 bits per heavy atom. The molecule has 0 bridgehead atoms. The summed E-state index contributed by atoms with van der Waals surface area (Å²) in [6.07, 6.45) is 0. The summed E-state index contributed by atoms with van der Waals surface area (Å²) in [5.74, 6) is 2.86. The molecule has 59 heavy (non-hydrogen) atoms. The molecular weight excluding hydrogens is 739 g/mol. The number of ether oxygens (including phenoxy) is 2. The van der Waals surface area contributed by atoms with E-state index in [-0.39, 0.29) is 0 Å². The minimum Gasteiger partial charge on any atom is -0.449 e. The summed E-state index contributed by atoms with van der Waals surface area (Å²) >= 11 is 1.84. The van der Waals surface area contributed by atoms with Crippen molar-refractivity contribution >= 4 is 48.6 Å². The van der Waals surface area contributed by atoms with Crippen LogP contribution in [0.5, 0.6) is 23.0 Å². The van der Waals surface area contributed by atoms with Crippen molar-refractivity contribution < 1.29 is 9.47 Å². The first kappa shape index (κ1) is 32.7. The zero-order chi connectivity index (χ0) is 38.7. The Hall–Kier alpha value is -7.40. The fourth-order valence-electron chi connectivity index (χ4n) is 10.1. The van der Waals surface area contributed by atoms with Gasteiger partial charge in [-0.1, -0.05) is 140 Å². The number of hydrogen-bond donors (Lipinski definition) is 0. The molecule has 3 nitrogen and oxygen atoms in total. The lowest BCUT2D eigenvalue weighted by Gasteiger charge is -2.31. The van der Waals surface area contributed by atoms with E-state index < -0.39 is 5.41 Å². The molecule has 13 rings (SSSR count). The van der Waals surface area contributed by atoms with Crippen molar-refractivity contribution in [2.75, 3.05) is 4.90 Å². The van der Waals surface area contributed by atoms with E-state index in [0.29, 0.717) is 11.5 Å². The summed E-state index contributed by atoms with van der Waals surface area (Å²) in [5, 5.41) is 2.58. The number of benzene rings is 9. The van der Waals surface area contributed by atoms with Crippen LogP contribution in [0.3, 0.4) is 0 Å². The monoisotopic (exact) mass is 771 g/mol. The maximum Gasteiger partial charge on any atom is 0.177 e. The van der Waals surface area contributed by atoms with Crippen molar-refractivity contribution in [3.63, 3.8) is 0 Å². The standard InChI is InChI=1S/C55H33NO2S/c1-2-15-35(16-3-1)56(37-28-29-43-42-21-7-11-27-52(42)59-53(43)31-37)36-17-12-14-34(30-36)38-22-13-26-49-54(38)58-51-33-48-44(32-50(51)57-49)41-20-6-10-25-47(41)55(48)45-23-8-4-18-39(45)40-19-5-9-24-46(40)55/h1-33H. The molecular formula is C55H33NO2S. The van der Waals surface area contributed by atoms with Crippen LogP contribution in [-0.2, 0) is 5.41 Å². The largest absolute Gasteiger partial charge is 0.449 e. The highest BCUT2D eigenvalue weighted by Crippen LogP contribution is 2.65. The van der Waals surface area contributed by atoms with Gasteiger partial charge in [-0.05, 0) is 111 Å². The molecule has 0 radical (unpaired) electrons. The zero-order valence-electron chi connectivity index (χ0n) is 31.7. The van der Waals surface area contributed by atoms with Crippen LogP contribution in [-0.4, -0.2) is 0 Å². The van der Waals surface area contributed by atoms with Crippen LogP contribution in [0, 0.1) is 0 Å². The molecule has 1 aliphatic heterocycles. The fraction of sp³-hybridized carbons (Fsp3) is 0.0182. The predicted octanol–water partition coefficient (Wildman–Crippen LogP) is 15.4. The molecule has 1 aromatic heterocycles. The van der Waals surface area contributed by atoms with Crippen molar-refractivity contribution in [1.82, 2.24) is 0 Å². The average molecular weight is 772 g/mol. The third-order valence-electron chi connectivity index (χ3n) is 12.5. The lowest BCUT2D eigenvalue weighted by molar-refractivity contribution is 0.360. The first-order valence-corrected chi connectivity index (χ1v) is 20.9. The number of para-hydroxylation sites is 2. The van der Waals surface area contributed by atoms with Gasteiger partial charge in [0.25, 0.3) is 0 Å². The van der Waals surface area contributed by atoms with Gasteiger partial charge in [-0.25, -0.2) is 0 Å². The Morgan fingerprint density at radius 3 is 1.73 bits per heavy atom. The number of nitrogens with zero attached hydrogens (tertiary/aromatic N) is 1. The molecule has 1 spiro atoms. The Morgan fingerprint density at radius 1 is 0.356 bits per heavy atom. The summed E-state index contributed by atoms with van der Waals surface area (Å²) in [4.78, 5) is 2.34. The van der Waals surface area contributed by atoms with Crippen LogP contribution in [0.2, 0.25) is 0 Å². The van der Waals surface area contributed by atoms with Crippen molar-refractivity contribution in [2.45, 2.75) is 5.41 Å². The van der Waals surface area contributed by atoms with E-state index in [9.17, 15) is 0 Å². The van der Waals surface area contributed by atoms with E-state index in [0.717, 1.165) is 39.7 Å². The highest BCUT2D eigenvalue weighted by molar-refractivity contribution is 7.25. The highest BCUT2D eigenvalue weighted by Gasteiger charge is 2.52. The quantitative estimate of drug-likeness (QED) is 0.178. The molecule has 3 aliphatic rings. The van der Waals surface area contributed by atoms with Gasteiger partial charge in [-0.15, -0.1) is 11.3 Å². The maximum atomic E-state index is 7.08. The summed E-state index contributed by atoms with van der Waals surface area (Å²) in [6.45, 7) is 0. The van der Waals surface area contributed by atoms with Crippen LogP contribution in [0.1, 0.15) is 22.3 Å². The molecule has 10 aromatic rings. The van der Waals surface area contributed by atoms with Gasteiger partial charge < -0.3 is 14.4 Å². The van der Waals surface area contributed by atoms with Crippen LogP contribution in [0.15, 0.2) is 200 Å². The van der Waals surface area contributed by atoms with E-state index in [4.69, 9.17) is 9.47 Å². The van der Waals surface area contributed by atoms with Gasteiger partial charge >= 0.3 is 0 Å². The molecule has 2 aliphatic carbocycles. The minimum atomic E-state index is -0.467. The molecule has 2 heterocycles. The molecule has 4 heteroatoms. The van der Waals surface area contributed by atoms with E-state index in [2.05, 4.69) is 199 Å². The van der Waals surface area contributed by atoms with Crippen molar-refractivity contribution in [3.8, 4) is 56.4 Å². The highest BCUT2D eigenvalue weighted by atomic mass is 32.1. The molecule has 0 saturated carbocycles. The van der Waals surface area contributed by atoms with Crippen LogP contribution in [0.25, 0.3) is 53.6 Å². The van der Waals surface area contributed by atoms with Crippen molar-refractivity contribution in [3.05, 3.63) is 222 Å². The number of anilines is 3. The molecule has 0 fully saturated rings. The van der Waals surface area contributed by atoms with Crippen LogP contribution in [0.4, 0.5) is 17.1 Å². The normalized spacial score (nSPS) is 13.5. The first-order chi connectivity index (χ1) is 29.2. The summed E-state index contributed by atoms with van der Waals surface area (Å²) < 4.78 is 16.5. The second-order valence-electron chi connectivity index (χ2n) is 15.6. The summed E-state index contributed by atoms with van der Waals surface area (Å²) in [7, 11) is 0. The molecule has 0 unspecified atom stereocenters. The molecule has 276 valence electrons. The van der Waals surface area contributed by atoms with E-state index in [1.165, 1.54) is 64.7 Å². The van der Waals surface area contributed by atoms with Crippen LogP contribution >= 0.6 is 11.3 Å². The number of rotatable bonds is 4. The summed E-state index contributed by atoms with van der Waals surface area (Å²) in [5.41, 5.74) is 14.9. The number of fused-ring (bicyclic) bond motifs is 15. The fourth-order valence-corrected chi connectivity index (χ4v) is 11.2. The Balaban J connectivity index is 0.940. The van der Waals surface area contributed by atoms with E-state index >= 15 is 0 Å². The van der Waals surface area contributed by atoms with Crippen molar-refractivity contribution in [1.29, 1.82) is 0 Å². The SMILES string of the molecule is c1ccc(N(c2cccc(-c3cccc4c3Oc3cc5c(cc3O4)-c3ccccc3C53c4ccccc4-c4ccccc43)c2)c2ccc3c(c2)sc2ccccc23)cc1. The topological polar surface area (TPSA) is 21.7 Å². The third kappa shape index (κ3) is 4.58. The second-order valence-corrected chi connectivity index (χ2v) is 16.7. The second kappa shape index (κ2) is 12.3. The molecule has 0 N–H and O–H groups in total. The Kier molecular flexibility index (Phi) is 6.81. The van der Waals surface area contributed by atoms with Crippen LogP contribution < -0.4 is 14.4 Å². The van der Waals surface area contributed by atoms with E-state index in [1.807, 2.05) is 17.4 Å². The smallest absolute Gasteiger partial charge is 0.177 e. The molecule has 9 aromatic carbocycles.